The van der Waals surface area contributed by atoms with Gasteiger partial charge in [-0.3, -0.25) is 14.5 Å². The molecule has 3 heterocycles. The molecule has 3 amide bonds. The summed E-state index contributed by atoms with van der Waals surface area (Å²) in [6.07, 6.45) is 4.68. The Labute approximate surface area is 236 Å². The normalized spacial score (nSPS) is 22.5. The molecule has 4 aliphatic rings. The number of nitriles is 1. The molecule has 1 saturated carbocycles. The Balaban J connectivity index is 1.21. The van der Waals surface area contributed by atoms with Crippen molar-refractivity contribution in [2.75, 3.05) is 11.9 Å². The third-order valence-electron chi connectivity index (χ3n) is 8.40. The Morgan fingerprint density at radius 3 is 2.40 bits per heavy atom. The molecule has 40 heavy (non-hydrogen) atoms. The number of ether oxygens (including phenoxy) is 1. The van der Waals surface area contributed by atoms with Gasteiger partial charge in [0.25, 0.3) is 0 Å². The largest absolute Gasteiger partial charge is 0.444 e. The number of rotatable bonds is 6. The molecule has 3 aliphatic heterocycles. The maximum Gasteiger partial charge on any atom is 0.411 e. The summed E-state index contributed by atoms with van der Waals surface area (Å²) in [5.41, 5.74) is 4.53. The second kappa shape index (κ2) is 11.0. The number of likely N-dealkylation sites (N-methyl/N-ethyl adjacent to an activating group) is 1. The molecule has 0 aromatic heterocycles. The first-order valence-corrected chi connectivity index (χ1v) is 14.2. The third kappa shape index (κ3) is 5.70. The van der Waals surface area contributed by atoms with Crippen molar-refractivity contribution in [3.05, 3.63) is 53.6 Å². The van der Waals surface area contributed by atoms with Gasteiger partial charge in [-0.2, -0.15) is 5.26 Å². The van der Waals surface area contributed by atoms with Gasteiger partial charge in [-0.05, 0) is 93.5 Å². The van der Waals surface area contributed by atoms with Gasteiger partial charge in [0.05, 0.1) is 12.5 Å². The minimum Gasteiger partial charge on any atom is -0.444 e. The lowest BCUT2D eigenvalue weighted by molar-refractivity contribution is -0.135. The van der Waals surface area contributed by atoms with Gasteiger partial charge >= 0.3 is 6.09 Å². The minimum atomic E-state index is -0.655. The molecule has 1 N–H and O–H groups in total. The number of benzene rings is 2. The predicted molar refractivity (Wildman–Crippen MR) is 152 cm³/mol. The van der Waals surface area contributed by atoms with Crippen molar-refractivity contribution in [2.24, 2.45) is 5.92 Å². The van der Waals surface area contributed by atoms with Crippen molar-refractivity contribution in [3.8, 4) is 17.2 Å². The van der Waals surface area contributed by atoms with E-state index >= 15 is 0 Å². The van der Waals surface area contributed by atoms with Crippen molar-refractivity contribution in [3.63, 3.8) is 0 Å². The average Bonchev–Trinajstić information content (AvgIpc) is 3.22. The summed E-state index contributed by atoms with van der Waals surface area (Å²) in [4.78, 5) is 41.8. The van der Waals surface area contributed by atoms with E-state index in [9.17, 15) is 19.6 Å². The lowest BCUT2D eigenvalue weighted by Gasteiger charge is -2.50. The molecule has 2 unspecified atom stereocenters. The van der Waals surface area contributed by atoms with Gasteiger partial charge in [-0.15, -0.1) is 0 Å². The lowest BCUT2D eigenvalue weighted by atomic mass is 9.74. The van der Waals surface area contributed by atoms with Crippen LogP contribution in [0.1, 0.15) is 64.0 Å². The van der Waals surface area contributed by atoms with Crippen LogP contribution in [0.25, 0.3) is 11.1 Å². The Kier molecular flexibility index (Phi) is 7.59. The molecule has 2 bridgehead atoms. The lowest BCUT2D eigenvalue weighted by Crippen LogP contribution is -2.64. The maximum absolute atomic E-state index is 13.4. The summed E-state index contributed by atoms with van der Waals surface area (Å²) in [6, 6.07) is 15.3. The molecule has 2 atom stereocenters. The first kappa shape index (κ1) is 27.7. The van der Waals surface area contributed by atoms with Gasteiger partial charge in [0, 0.05) is 18.8 Å². The fraction of sp³-hybridized carbons (Fsp3) is 0.500. The number of carbonyl (C=O) groups is 3. The number of piperidine rings is 2. The van der Waals surface area contributed by atoms with Crippen LogP contribution < -0.4 is 10.2 Å². The van der Waals surface area contributed by atoms with Crippen LogP contribution in [0.3, 0.4) is 0 Å². The smallest absolute Gasteiger partial charge is 0.411 e. The number of nitrogens with zero attached hydrogens (tertiary/aromatic N) is 3. The third-order valence-corrected chi connectivity index (χ3v) is 8.40. The average molecular weight is 543 g/mol. The van der Waals surface area contributed by atoms with Crippen molar-refractivity contribution in [2.45, 2.75) is 89.4 Å². The van der Waals surface area contributed by atoms with E-state index in [2.05, 4.69) is 17.5 Å². The van der Waals surface area contributed by atoms with Gasteiger partial charge in [-0.1, -0.05) is 36.4 Å². The highest BCUT2D eigenvalue weighted by molar-refractivity contribution is 6.01. The Hall–Kier alpha value is -3.86. The van der Waals surface area contributed by atoms with Crippen molar-refractivity contribution in [1.29, 1.82) is 5.26 Å². The molecule has 1 aliphatic carbocycles. The monoisotopic (exact) mass is 542 g/mol. The number of carbonyl (C=O) groups excluding carboxylic acids is 3. The summed E-state index contributed by atoms with van der Waals surface area (Å²) in [5.74, 6) is -0.0704. The summed E-state index contributed by atoms with van der Waals surface area (Å²) in [7, 11) is 1.80. The number of hydrogen-bond acceptors (Lipinski definition) is 5. The van der Waals surface area contributed by atoms with Gasteiger partial charge in [-0.25, -0.2) is 4.79 Å². The highest BCUT2D eigenvalue weighted by atomic mass is 16.6. The van der Waals surface area contributed by atoms with E-state index in [0.29, 0.717) is 19.3 Å². The first-order valence-electron chi connectivity index (χ1n) is 14.2. The van der Waals surface area contributed by atoms with E-state index in [0.717, 1.165) is 53.6 Å². The fourth-order valence-corrected chi connectivity index (χ4v) is 6.29. The molecule has 6 rings (SSSR count). The topological polar surface area (TPSA) is 103 Å². The van der Waals surface area contributed by atoms with Gasteiger partial charge < -0.3 is 15.0 Å². The zero-order valence-corrected chi connectivity index (χ0v) is 23.8. The molecule has 2 saturated heterocycles. The Morgan fingerprint density at radius 2 is 1.75 bits per heavy atom. The maximum atomic E-state index is 13.4. The van der Waals surface area contributed by atoms with Crippen molar-refractivity contribution in [1.82, 2.24) is 10.2 Å². The minimum absolute atomic E-state index is 0.00112. The van der Waals surface area contributed by atoms with Crippen molar-refractivity contribution >= 4 is 23.6 Å². The fourth-order valence-electron chi connectivity index (χ4n) is 6.29. The summed E-state index contributed by atoms with van der Waals surface area (Å²) < 4.78 is 5.64. The second-order valence-corrected chi connectivity index (χ2v) is 12.3. The van der Waals surface area contributed by atoms with Crippen LogP contribution in [-0.2, 0) is 27.2 Å². The van der Waals surface area contributed by atoms with Crippen LogP contribution in [0.2, 0.25) is 0 Å². The second-order valence-electron chi connectivity index (χ2n) is 12.3. The molecular weight excluding hydrogens is 504 g/mol. The van der Waals surface area contributed by atoms with Crippen LogP contribution >= 0.6 is 0 Å². The SMILES string of the molecule is CN1C(=O)Cc2ccc(-c3ccc(CCC(C#N)NC(=O)C4C5CCC(CC5)N4C(=O)OC(C)(C)C)cc3)cc21. The molecule has 2 aromatic carbocycles. The van der Waals surface area contributed by atoms with E-state index in [4.69, 9.17) is 4.74 Å². The molecular formula is C32H38N4O4. The number of nitrogens with one attached hydrogen (secondary N) is 1. The summed E-state index contributed by atoms with van der Waals surface area (Å²) >= 11 is 0. The zero-order chi connectivity index (χ0) is 28.6. The molecule has 8 nitrogen and oxygen atoms in total. The molecule has 0 radical (unpaired) electrons. The van der Waals surface area contributed by atoms with E-state index in [-0.39, 0.29) is 23.8 Å². The Bertz CT molecular complexity index is 1330. The summed E-state index contributed by atoms with van der Waals surface area (Å²) in [5, 5.41) is 12.7. The highest BCUT2D eigenvalue weighted by Gasteiger charge is 2.49. The molecule has 2 aromatic rings. The number of amides is 3. The van der Waals surface area contributed by atoms with Crippen LogP contribution in [0.15, 0.2) is 42.5 Å². The number of aryl methyl sites for hydroxylation is 1. The van der Waals surface area contributed by atoms with E-state index in [1.54, 1.807) is 16.8 Å². The van der Waals surface area contributed by atoms with Crippen LogP contribution in [-0.4, -0.2) is 53.6 Å². The van der Waals surface area contributed by atoms with Crippen LogP contribution in [0.4, 0.5) is 10.5 Å². The van der Waals surface area contributed by atoms with E-state index < -0.39 is 23.8 Å². The summed E-state index contributed by atoms with van der Waals surface area (Å²) in [6.45, 7) is 5.48. The zero-order valence-electron chi connectivity index (χ0n) is 23.8. The van der Waals surface area contributed by atoms with Crippen LogP contribution in [0.5, 0.6) is 0 Å². The first-order chi connectivity index (χ1) is 19.0. The van der Waals surface area contributed by atoms with Gasteiger partial charge in [0.15, 0.2) is 0 Å². The van der Waals surface area contributed by atoms with Gasteiger partial charge in [0.2, 0.25) is 11.8 Å². The van der Waals surface area contributed by atoms with Crippen LogP contribution in [0, 0.1) is 17.2 Å². The number of anilines is 1. The molecule has 8 heteroatoms. The molecule has 0 spiro atoms. The van der Waals surface area contributed by atoms with Crippen molar-refractivity contribution < 1.29 is 19.1 Å². The molecule has 3 fully saturated rings. The number of fused-ring (bicyclic) bond motifs is 4. The highest BCUT2D eigenvalue weighted by Crippen LogP contribution is 2.40. The molecule has 210 valence electrons. The number of hydrogen-bond donors (Lipinski definition) is 1. The van der Waals surface area contributed by atoms with Gasteiger partial charge in [0.1, 0.15) is 17.7 Å². The van der Waals surface area contributed by atoms with E-state index in [1.807, 2.05) is 57.2 Å². The van der Waals surface area contributed by atoms with E-state index in [1.165, 1.54) is 0 Å². The Morgan fingerprint density at radius 1 is 1.07 bits per heavy atom. The quantitative estimate of drug-likeness (QED) is 0.554. The predicted octanol–water partition coefficient (Wildman–Crippen LogP) is 4.99. The standard InChI is InChI=1S/C32H38N4O4/c1-32(2,3)40-31(39)36-26-15-12-22(13-16-26)29(36)30(38)34-25(19-33)14-7-20-5-8-21(9-6-20)23-10-11-24-18-28(37)35(4)27(24)17-23/h5-6,8-11,17,22,25-26,29H,7,12-16,18H2,1-4H3,(H,34,38).